The molecule has 0 aliphatic carbocycles. The van der Waals surface area contributed by atoms with E-state index < -0.39 is 0 Å². The second kappa shape index (κ2) is 6.43. The number of hydrogen-bond acceptors (Lipinski definition) is 3. The highest BCUT2D eigenvalue weighted by atomic mass is 35.5. The van der Waals surface area contributed by atoms with Crippen LogP contribution < -0.4 is 5.32 Å². The van der Waals surface area contributed by atoms with Crippen LogP contribution in [0.4, 0.5) is 5.69 Å². The molecular weight excluding hydrogens is 354 g/mol. The van der Waals surface area contributed by atoms with Crippen LogP contribution in [-0.2, 0) is 11.8 Å². The molecule has 4 nitrogen and oxygen atoms in total. The summed E-state index contributed by atoms with van der Waals surface area (Å²) in [6.07, 6.45) is 1.89. The first kappa shape index (κ1) is 16.0. The first-order valence-corrected chi connectivity index (χ1v) is 8.89. The van der Waals surface area contributed by atoms with Crippen LogP contribution in [0.25, 0.3) is 17.0 Å². The molecule has 0 radical (unpaired) electrons. The second-order valence-electron chi connectivity index (χ2n) is 5.65. The zero-order valence-corrected chi connectivity index (χ0v) is 14.9. The molecule has 0 saturated carbocycles. The number of rotatable bonds is 2. The Morgan fingerprint density at radius 2 is 2.00 bits per heavy atom. The van der Waals surface area contributed by atoms with E-state index in [9.17, 15) is 4.79 Å². The third-order valence-electron chi connectivity index (χ3n) is 3.96. The lowest BCUT2D eigenvalue weighted by Crippen LogP contribution is -2.19. The van der Waals surface area contributed by atoms with Crippen molar-refractivity contribution in [3.05, 3.63) is 70.2 Å². The third kappa shape index (κ3) is 3.21. The highest BCUT2D eigenvalue weighted by Crippen LogP contribution is 2.30. The van der Waals surface area contributed by atoms with Crippen molar-refractivity contribution >= 4 is 57.1 Å². The molecule has 1 aliphatic heterocycles. The third-order valence-corrected chi connectivity index (χ3v) is 5.10. The number of carbonyl (C=O) groups excluding carboxylic acids is 1. The number of thioether (sulfide) groups is 1. The van der Waals surface area contributed by atoms with Gasteiger partial charge in [-0.2, -0.15) is 0 Å². The largest absolute Gasteiger partial charge is 0.344 e. The van der Waals surface area contributed by atoms with Gasteiger partial charge in [-0.05, 0) is 48.2 Å². The Bertz CT molecular complexity index is 1050. The van der Waals surface area contributed by atoms with Gasteiger partial charge in [0.15, 0.2) is 5.17 Å². The summed E-state index contributed by atoms with van der Waals surface area (Å²) < 4.78 is 2.07. The van der Waals surface area contributed by atoms with Crippen molar-refractivity contribution in [2.24, 2.45) is 12.0 Å². The minimum Gasteiger partial charge on any atom is -0.344 e. The van der Waals surface area contributed by atoms with Crippen molar-refractivity contribution in [3.63, 3.8) is 0 Å². The van der Waals surface area contributed by atoms with E-state index >= 15 is 0 Å². The highest BCUT2D eigenvalue weighted by Gasteiger charge is 2.24. The summed E-state index contributed by atoms with van der Waals surface area (Å²) in [4.78, 5) is 17.3. The number of para-hydroxylation sites is 1. The number of aliphatic imine (C=N–C) groups is 1. The van der Waals surface area contributed by atoms with Gasteiger partial charge in [0.05, 0.1) is 10.6 Å². The molecule has 4 rings (SSSR count). The Labute approximate surface area is 154 Å². The number of nitrogens with one attached hydrogen (secondary N) is 1. The van der Waals surface area contributed by atoms with Gasteiger partial charge in [0.25, 0.3) is 5.91 Å². The van der Waals surface area contributed by atoms with E-state index in [-0.39, 0.29) is 5.91 Å². The van der Waals surface area contributed by atoms with Gasteiger partial charge in [0.2, 0.25) is 0 Å². The fourth-order valence-electron chi connectivity index (χ4n) is 2.73. The monoisotopic (exact) mass is 367 g/mol. The average molecular weight is 368 g/mol. The Morgan fingerprint density at radius 3 is 2.80 bits per heavy atom. The number of halogens is 1. The summed E-state index contributed by atoms with van der Waals surface area (Å²) in [5, 5.41) is 5.11. The number of fused-ring (bicyclic) bond motifs is 1. The Kier molecular flexibility index (Phi) is 4.11. The smallest absolute Gasteiger partial charge is 0.264 e. The molecule has 0 spiro atoms. The van der Waals surface area contributed by atoms with Gasteiger partial charge >= 0.3 is 0 Å². The normalized spacial score (nSPS) is 17.6. The van der Waals surface area contributed by atoms with E-state index in [2.05, 4.69) is 33.1 Å². The molecule has 1 aliphatic rings. The van der Waals surface area contributed by atoms with Crippen LogP contribution in [0.15, 0.2) is 64.5 Å². The topological polar surface area (TPSA) is 46.4 Å². The molecule has 0 atom stereocenters. The van der Waals surface area contributed by atoms with Gasteiger partial charge in [-0.15, -0.1) is 0 Å². The second-order valence-corrected chi connectivity index (χ2v) is 7.12. The molecular formula is C19H14ClN3OS. The standard InChI is InChI=1S/C19H14ClN3OS/c1-23-15(9-12-5-2-3-8-16(12)23)11-17-18(24)22-19(25-17)21-14-7-4-6-13(20)10-14/h2-11H,1H3,(H,21,22,24). The molecule has 2 aromatic carbocycles. The SMILES string of the molecule is Cn1c(C=C2SC(=Nc3cccc(Cl)c3)NC2=O)cc2ccccc21. The maximum atomic E-state index is 12.3. The van der Waals surface area contributed by atoms with E-state index in [1.807, 2.05) is 37.4 Å². The molecule has 3 aromatic rings. The maximum Gasteiger partial charge on any atom is 0.264 e. The van der Waals surface area contributed by atoms with Gasteiger partial charge in [-0.25, -0.2) is 4.99 Å². The zero-order valence-electron chi connectivity index (χ0n) is 13.4. The molecule has 0 unspecified atom stereocenters. The van der Waals surface area contributed by atoms with Crippen molar-refractivity contribution in [3.8, 4) is 0 Å². The summed E-state index contributed by atoms with van der Waals surface area (Å²) in [5.41, 5.74) is 2.81. The molecule has 1 saturated heterocycles. The Morgan fingerprint density at radius 1 is 1.16 bits per heavy atom. The zero-order chi connectivity index (χ0) is 17.4. The molecule has 25 heavy (non-hydrogen) atoms. The summed E-state index contributed by atoms with van der Waals surface area (Å²) >= 11 is 7.30. The van der Waals surface area contributed by atoms with Crippen molar-refractivity contribution in [1.29, 1.82) is 0 Å². The van der Waals surface area contributed by atoms with Crippen molar-refractivity contribution in [2.45, 2.75) is 0 Å². The Balaban J connectivity index is 1.65. The van der Waals surface area contributed by atoms with E-state index in [1.165, 1.54) is 11.8 Å². The number of amidine groups is 1. The van der Waals surface area contributed by atoms with E-state index in [4.69, 9.17) is 11.6 Å². The van der Waals surface area contributed by atoms with Crippen LogP contribution in [0, 0.1) is 0 Å². The van der Waals surface area contributed by atoms with Gasteiger partial charge in [0.1, 0.15) is 0 Å². The number of aromatic nitrogens is 1. The molecule has 2 heterocycles. The van der Waals surface area contributed by atoms with Crippen LogP contribution in [-0.4, -0.2) is 15.6 Å². The first-order chi connectivity index (χ1) is 12.1. The van der Waals surface area contributed by atoms with Crippen molar-refractivity contribution < 1.29 is 4.79 Å². The summed E-state index contributed by atoms with van der Waals surface area (Å²) in [6.45, 7) is 0. The fourth-order valence-corrected chi connectivity index (χ4v) is 3.74. The molecule has 6 heteroatoms. The minimum absolute atomic E-state index is 0.143. The van der Waals surface area contributed by atoms with Crippen LogP contribution in [0.2, 0.25) is 5.02 Å². The van der Waals surface area contributed by atoms with Crippen molar-refractivity contribution in [1.82, 2.24) is 9.88 Å². The molecule has 1 amide bonds. The molecule has 1 fully saturated rings. The van der Waals surface area contributed by atoms with Gasteiger partial charge < -0.3 is 9.88 Å². The van der Waals surface area contributed by atoms with Gasteiger partial charge in [-0.1, -0.05) is 35.9 Å². The molecule has 1 N–H and O–H groups in total. The highest BCUT2D eigenvalue weighted by molar-refractivity contribution is 8.18. The lowest BCUT2D eigenvalue weighted by atomic mass is 10.2. The van der Waals surface area contributed by atoms with Crippen molar-refractivity contribution in [2.75, 3.05) is 0 Å². The van der Waals surface area contributed by atoms with E-state index in [0.717, 1.165) is 16.6 Å². The summed E-state index contributed by atoms with van der Waals surface area (Å²) in [6, 6.07) is 17.4. The number of hydrogen-bond donors (Lipinski definition) is 1. The molecule has 1 aromatic heterocycles. The minimum atomic E-state index is -0.143. The van der Waals surface area contributed by atoms with Crippen LogP contribution in [0.1, 0.15) is 5.69 Å². The lowest BCUT2D eigenvalue weighted by Gasteiger charge is -1.99. The van der Waals surface area contributed by atoms with E-state index in [1.54, 1.807) is 12.1 Å². The summed E-state index contributed by atoms with van der Waals surface area (Å²) in [7, 11) is 1.99. The first-order valence-electron chi connectivity index (χ1n) is 7.70. The van der Waals surface area contributed by atoms with Gasteiger partial charge in [0, 0.05) is 28.7 Å². The van der Waals surface area contributed by atoms with Crippen LogP contribution >= 0.6 is 23.4 Å². The predicted octanol–water partition coefficient (Wildman–Crippen LogP) is 4.72. The predicted molar refractivity (Wildman–Crippen MR) is 105 cm³/mol. The van der Waals surface area contributed by atoms with Gasteiger partial charge in [-0.3, -0.25) is 4.79 Å². The van der Waals surface area contributed by atoms with E-state index in [0.29, 0.717) is 20.8 Å². The summed E-state index contributed by atoms with van der Waals surface area (Å²) in [5.74, 6) is -0.143. The number of nitrogens with zero attached hydrogens (tertiary/aromatic N) is 2. The maximum absolute atomic E-state index is 12.3. The quantitative estimate of drug-likeness (QED) is 0.666. The Hall–Kier alpha value is -2.50. The number of benzene rings is 2. The molecule has 0 bridgehead atoms. The fraction of sp³-hybridized carbons (Fsp3) is 0.0526. The number of aryl methyl sites for hydroxylation is 1. The number of carbonyl (C=O) groups is 1. The molecule has 124 valence electrons. The lowest BCUT2D eigenvalue weighted by molar-refractivity contribution is -0.115. The number of amides is 1. The average Bonchev–Trinajstić information content (AvgIpc) is 3.09. The van der Waals surface area contributed by atoms with Crippen LogP contribution in [0.3, 0.4) is 0 Å². The van der Waals surface area contributed by atoms with Crippen LogP contribution in [0.5, 0.6) is 0 Å².